The van der Waals surface area contributed by atoms with E-state index in [9.17, 15) is 29.1 Å². The Morgan fingerprint density at radius 3 is 1.86 bits per heavy atom. The second kappa shape index (κ2) is 36.5. The molecular weight excluding hydrogens is 979 g/mol. The van der Waals surface area contributed by atoms with E-state index in [4.69, 9.17) is 27.5 Å². The second-order valence-corrected chi connectivity index (χ2v) is 22.5. The maximum absolute atomic E-state index is 15.1. The summed E-state index contributed by atoms with van der Waals surface area (Å²) in [5, 5.41) is 27.6. The summed E-state index contributed by atoms with van der Waals surface area (Å²) in [7, 11) is 0. The van der Waals surface area contributed by atoms with Gasteiger partial charge < -0.3 is 37.3 Å². The molecular formula is C59H99N9O9. The van der Waals surface area contributed by atoms with Crippen molar-refractivity contribution in [2.75, 3.05) is 13.1 Å². The minimum atomic E-state index is -1.27. The Morgan fingerprint density at radius 1 is 0.727 bits per heavy atom. The predicted molar refractivity (Wildman–Crippen MR) is 306 cm³/mol. The fourth-order valence-corrected chi connectivity index (χ4v) is 9.50. The normalized spacial score (nSPS) is 13.1. The molecule has 0 aliphatic carbocycles. The molecule has 0 unspecified atom stereocenters. The maximum atomic E-state index is 15.1. The van der Waals surface area contributed by atoms with Crippen molar-refractivity contribution in [3.8, 4) is 0 Å². The van der Waals surface area contributed by atoms with E-state index in [1.807, 2.05) is 26.0 Å². The summed E-state index contributed by atoms with van der Waals surface area (Å²) >= 11 is 0. The number of hydrogen-bond donors (Lipinski definition) is 8. The largest absolute Gasteiger partial charge is 0.480 e. The van der Waals surface area contributed by atoms with Gasteiger partial charge in [-0.1, -0.05) is 155 Å². The summed E-state index contributed by atoms with van der Waals surface area (Å²) in [4.78, 5) is 98.1. The van der Waals surface area contributed by atoms with Gasteiger partial charge in [0.2, 0.25) is 17.7 Å². The molecule has 0 heterocycles. The van der Waals surface area contributed by atoms with Crippen molar-refractivity contribution in [2.45, 2.75) is 239 Å². The lowest BCUT2D eigenvalue weighted by Crippen LogP contribution is -2.57. The Bertz CT molecular complexity index is 2160. The third-order valence-corrected chi connectivity index (χ3v) is 13.7. The van der Waals surface area contributed by atoms with Crippen molar-refractivity contribution < 1.29 is 43.4 Å². The lowest BCUT2D eigenvalue weighted by atomic mass is 9.93. The second-order valence-electron chi connectivity index (χ2n) is 22.5. The molecule has 0 spiro atoms. The summed E-state index contributed by atoms with van der Waals surface area (Å²) < 4.78 is 5.56. The van der Waals surface area contributed by atoms with Crippen LogP contribution in [0.1, 0.15) is 219 Å². The average molecular weight is 1080 g/mol. The number of nitrogens with two attached hydrogens (primary N) is 3. The van der Waals surface area contributed by atoms with Gasteiger partial charge in [0.05, 0.1) is 0 Å². The van der Waals surface area contributed by atoms with Crippen molar-refractivity contribution in [3.63, 3.8) is 0 Å². The number of imide groups is 1. The molecule has 18 nitrogen and oxygen atoms in total. The van der Waals surface area contributed by atoms with Crippen LogP contribution in [0.25, 0.3) is 10.8 Å². The number of unbranched alkanes of at least 4 members (excludes halogenated alkanes) is 15. The molecule has 0 fully saturated rings. The molecule has 2 aromatic rings. The van der Waals surface area contributed by atoms with E-state index < -0.39 is 77.2 Å². The lowest BCUT2D eigenvalue weighted by molar-refractivity contribution is -0.149. The Balaban J connectivity index is 2.46. The number of Topliss-reactive ketones (excluding diaryl/α,β-unsaturated/α-hetero) is 1. The number of fused-ring (bicyclic) bond motifs is 1. The molecule has 4 atom stereocenters. The van der Waals surface area contributed by atoms with Crippen molar-refractivity contribution in [3.05, 3.63) is 47.5 Å². The number of ketones is 1. The van der Waals surface area contributed by atoms with Crippen LogP contribution < -0.4 is 33.3 Å². The number of guanidine groups is 1. The average Bonchev–Trinajstić information content (AvgIpc) is 3.36. The van der Waals surface area contributed by atoms with Crippen LogP contribution in [0, 0.1) is 17.2 Å². The highest BCUT2D eigenvalue weighted by atomic mass is 16.6. The summed E-state index contributed by atoms with van der Waals surface area (Å²) in [6, 6.07) is 5.82. The van der Waals surface area contributed by atoms with Gasteiger partial charge in [-0.25, -0.2) is 15.4 Å². The van der Waals surface area contributed by atoms with E-state index in [2.05, 4.69) is 22.9 Å². The number of benzene rings is 2. The number of carboxylic acids is 1. The summed E-state index contributed by atoms with van der Waals surface area (Å²) in [5.41, 5.74) is 11.6. The number of carbonyl (C=O) groups is 7. The minimum absolute atomic E-state index is 0.0133. The van der Waals surface area contributed by atoms with Crippen LogP contribution in [-0.2, 0) is 35.1 Å². The molecule has 434 valence electrons. The van der Waals surface area contributed by atoms with Crippen LogP contribution in [-0.4, -0.2) is 105 Å². The number of amides is 5. The standard InChI is InChI=1S/C59H99N9O9/c1-9-10-11-12-13-14-15-16-17-18-19-20-21-22-23-32-50(69)67(55(73)47(30-27-38-64-57(61)62)65-58(76)77-59(6,7)8)48(31-24-25-37-60)53(71)45-33-35-46-43(28-26-29-44(46)40-45)34-36-51(70)68(63)49(39-41(2)3)54(72)66-52(42(4)5)56(74)75/h26,28-29,33,35,40-42,47-49,52H,9-25,27,30-32,34,36-39,60,63H2,1-8H3,(H,65,76)(H,66,72)(H,74,75)(H4,61,62,64)/t47-,48-,49-,52-/m0/s1. The highest BCUT2D eigenvalue weighted by Gasteiger charge is 2.39. The molecule has 2 rings (SSSR count). The van der Waals surface area contributed by atoms with E-state index in [1.165, 1.54) is 64.2 Å². The first kappa shape index (κ1) is 67.5. The Kier molecular flexibility index (Phi) is 32.0. The third-order valence-electron chi connectivity index (χ3n) is 13.7. The zero-order chi connectivity index (χ0) is 57.5. The van der Waals surface area contributed by atoms with Gasteiger partial charge in [-0.05, 0) is 113 Å². The number of hydrazine groups is 1. The Labute approximate surface area is 460 Å². The van der Waals surface area contributed by atoms with E-state index in [1.54, 1.807) is 58.9 Å². The molecule has 11 N–H and O–H groups in total. The molecule has 0 saturated heterocycles. The zero-order valence-corrected chi connectivity index (χ0v) is 48.2. The molecule has 0 bridgehead atoms. The zero-order valence-electron chi connectivity index (χ0n) is 48.2. The topological polar surface area (TPSA) is 293 Å². The highest BCUT2D eigenvalue weighted by Crippen LogP contribution is 2.27. The summed E-state index contributed by atoms with van der Waals surface area (Å²) in [6.45, 7) is 15.0. The van der Waals surface area contributed by atoms with Crippen LogP contribution in [0.15, 0.2) is 36.4 Å². The number of ether oxygens (including phenoxy) is 1. The lowest BCUT2D eigenvalue weighted by Gasteiger charge is -2.33. The van der Waals surface area contributed by atoms with Crippen LogP contribution in [0.3, 0.4) is 0 Å². The quantitative estimate of drug-likeness (QED) is 0.00589. The molecule has 0 radical (unpaired) electrons. The molecule has 18 heteroatoms. The number of aliphatic carboxylic acids is 1. The van der Waals surface area contributed by atoms with Crippen LogP contribution >= 0.6 is 0 Å². The van der Waals surface area contributed by atoms with Gasteiger partial charge in [0.1, 0.15) is 29.8 Å². The monoisotopic (exact) mass is 1080 g/mol. The van der Waals surface area contributed by atoms with Crippen LogP contribution in [0.2, 0.25) is 0 Å². The number of hydrogen-bond acceptors (Lipinski definition) is 11. The van der Waals surface area contributed by atoms with Gasteiger partial charge in [0.15, 0.2) is 11.7 Å². The highest BCUT2D eigenvalue weighted by molar-refractivity contribution is 6.09. The van der Waals surface area contributed by atoms with Crippen molar-refractivity contribution in [1.82, 2.24) is 25.9 Å². The first-order valence-corrected chi connectivity index (χ1v) is 28.8. The van der Waals surface area contributed by atoms with Crippen molar-refractivity contribution in [1.29, 1.82) is 5.41 Å². The maximum Gasteiger partial charge on any atom is 0.408 e. The number of carbonyl (C=O) groups excluding carboxylic acids is 6. The minimum Gasteiger partial charge on any atom is -0.480 e. The van der Waals surface area contributed by atoms with E-state index in [0.717, 1.165) is 46.5 Å². The predicted octanol–water partition coefficient (Wildman–Crippen LogP) is 9.57. The first-order chi connectivity index (χ1) is 36.5. The van der Waals surface area contributed by atoms with E-state index in [0.29, 0.717) is 31.2 Å². The van der Waals surface area contributed by atoms with Gasteiger partial charge in [0, 0.05) is 24.9 Å². The van der Waals surface area contributed by atoms with Gasteiger partial charge in [0.25, 0.3) is 5.91 Å². The van der Waals surface area contributed by atoms with Crippen molar-refractivity contribution >= 4 is 58.2 Å². The first-order valence-electron chi connectivity index (χ1n) is 28.8. The number of carboxylic acid groups (broad SMARTS) is 1. The van der Waals surface area contributed by atoms with Gasteiger partial charge in [-0.15, -0.1) is 0 Å². The van der Waals surface area contributed by atoms with Gasteiger partial charge in [-0.3, -0.25) is 39.3 Å². The molecule has 77 heavy (non-hydrogen) atoms. The third kappa shape index (κ3) is 26.1. The fourth-order valence-electron chi connectivity index (χ4n) is 9.50. The van der Waals surface area contributed by atoms with E-state index >= 15 is 9.59 Å². The van der Waals surface area contributed by atoms with Crippen molar-refractivity contribution in [2.24, 2.45) is 29.1 Å². The number of rotatable bonds is 39. The Hall–Kier alpha value is -5.62. The SMILES string of the molecule is CCCCCCCCCCCCCCCCCC(=O)N(C(=O)[C@H](CCCNC(=N)N)NC(=O)OC(C)(C)C)[C@@H](CCCCN)C(=O)c1ccc2c(CCC(=O)N(N)[C@@H](CC(C)C)C(=O)N[C@H](C(=O)O)C(C)C)cccc2c1. The molecule has 0 aromatic heterocycles. The smallest absolute Gasteiger partial charge is 0.408 e. The van der Waals surface area contributed by atoms with E-state index in [-0.39, 0.29) is 68.9 Å². The van der Waals surface area contributed by atoms with Crippen LogP contribution in [0.5, 0.6) is 0 Å². The van der Waals surface area contributed by atoms with Gasteiger partial charge in [-0.2, -0.15) is 0 Å². The Morgan fingerprint density at radius 2 is 1.32 bits per heavy atom. The number of alkyl carbamates (subject to hydrolysis) is 1. The number of nitrogens with zero attached hydrogens (tertiary/aromatic N) is 2. The molecule has 2 aromatic carbocycles. The molecule has 0 saturated carbocycles. The molecule has 5 amide bonds. The number of aryl methyl sites for hydroxylation is 1. The fraction of sp³-hybridized carbons (Fsp3) is 0.695. The number of nitrogens with one attached hydrogen (secondary N) is 4. The van der Waals surface area contributed by atoms with Crippen LogP contribution in [0.4, 0.5) is 4.79 Å². The van der Waals surface area contributed by atoms with Gasteiger partial charge >= 0.3 is 12.1 Å². The summed E-state index contributed by atoms with van der Waals surface area (Å²) in [5.74, 6) is 1.55. The summed E-state index contributed by atoms with van der Waals surface area (Å²) in [6.07, 6.45) is 18.1. The molecule has 0 aliphatic heterocycles. The molecule has 0 aliphatic rings.